The molecule has 108 valence electrons. The number of Topliss-reactive ketones (excluding diaryl/α,β-unsaturated/α-hetero) is 1. The van der Waals surface area contributed by atoms with Crippen LogP contribution in [-0.4, -0.2) is 5.78 Å². The van der Waals surface area contributed by atoms with Gasteiger partial charge in [-0.25, -0.2) is 0 Å². The lowest BCUT2D eigenvalue weighted by Crippen LogP contribution is -2.03. The van der Waals surface area contributed by atoms with Gasteiger partial charge in [0.15, 0.2) is 5.78 Å². The molecular formula is C20H22O. The van der Waals surface area contributed by atoms with Gasteiger partial charge in [0.2, 0.25) is 0 Å². The van der Waals surface area contributed by atoms with Crippen LogP contribution < -0.4 is 0 Å². The van der Waals surface area contributed by atoms with Crippen LogP contribution in [0.15, 0.2) is 48.5 Å². The molecule has 0 saturated heterocycles. The Labute approximate surface area is 127 Å². The van der Waals surface area contributed by atoms with E-state index in [0.29, 0.717) is 17.6 Å². The number of rotatable bonds is 4. The molecular weight excluding hydrogens is 256 g/mol. The topological polar surface area (TPSA) is 17.1 Å². The molecule has 0 bridgehead atoms. The molecule has 0 aliphatic heterocycles. The molecule has 0 spiro atoms. The zero-order chi connectivity index (χ0) is 15.0. The minimum atomic E-state index is 0.177. The van der Waals surface area contributed by atoms with Gasteiger partial charge < -0.3 is 0 Å². The van der Waals surface area contributed by atoms with Crippen molar-refractivity contribution in [3.63, 3.8) is 0 Å². The highest BCUT2D eigenvalue weighted by Crippen LogP contribution is 2.49. The Hall–Kier alpha value is -1.89. The first-order valence-corrected chi connectivity index (χ1v) is 7.77. The Balaban J connectivity index is 1.73. The van der Waals surface area contributed by atoms with E-state index in [1.165, 1.54) is 16.7 Å². The van der Waals surface area contributed by atoms with E-state index < -0.39 is 0 Å². The summed E-state index contributed by atoms with van der Waals surface area (Å²) in [5.41, 5.74) is 4.73. The molecule has 2 aromatic rings. The van der Waals surface area contributed by atoms with Crippen LogP contribution in [0.5, 0.6) is 0 Å². The Morgan fingerprint density at radius 3 is 2.43 bits per heavy atom. The molecule has 2 unspecified atom stereocenters. The average molecular weight is 278 g/mol. The van der Waals surface area contributed by atoms with Crippen molar-refractivity contribution >= 4 is 5.78 Å². The fourth-order valence-corrected chi connectivity index (χ4v) is 3.00. The molecule has 2 atom stereocenters. The SMILES string of the molecule is Cc1cccc(C2CC2C(=O)c2ccc(C(C)C)cc2)c1. The third kappa shape index (κ3) is 2.92. The summed E-state index contributed by atoms with van der Waals surface area (Å²) in [7, 11) is 0. The van der Waals surface area contributed by atoms with Crippen LogP contribution in [0, 0.1) is 12.8 Å². The Morgan fingerprint density at radius 2 is 1.81 bits per heavy atom. The summed E-state index contributed by atoms with van der Waals surface area (Å²) in [5.74, 6) is 1.41. The van der Waals surface area contributed by atoms with Gasteiger partial charge in [-0.2, -0.15) is 0 Å². The molecule has 0 amide bonds. The van der Waals surface area contributed by atoms with Crippen molar-refractivity contribution in [3.05, 3.63) is 70.8 Å². The molecule has 3 rings (SSSR count). The Kier molecular flexibility index (Phi) is 3.67. The van der Waals surface area contributed by atoms with E-state index in [4.69, 9.17) is 0 Å². The second-order valence-electron chi connectivity index (χ2n) is 6.50. The Bertz CT molecular complexity index is 652. The number of carbonyl (C=O) groups is 1. The minimum absolute atomic E-state index is 0.177. The monoisotopic (exact) mass is 278 g/mol. The third-order valence-corrected chi connectivity index (χ3v) is 4.46. The molecule has 1 aliphatic rings. The van der Waals surface area contributed by atoms with Gasteiger partial charge in [-0.3, -0.25) is 4.79 Å². The van der Waals surface area contributed by atoms with Gasteiger partial charge in [0, 0.05) is 11.5 Å². The lowest BCUT2D eigenvalue weighted by atomic mass is 9.98. The normalized spacial score (nSPS) is 20.6. The summed E-state index contributed by atoms with van der Waals surface area (Å²) in [6.45, 7) is 6.45. The van der Waals surface area contributed by atoms with Crippen LogP contribution in [0.4, 0.5) is 0 Å². The first-order valence-electron chi connectivity index (χ1n) is 7.77. The molecule has 21 heavy (non-hydrogen) atoms. The van der Waals surface area contributed by atoms with Crippen molar-refractivity contribution in [2.24, 2.45) is 5.92 Å². The van der Waals surface area contributed by atoms with E-state index in [1.807, 2.05) is 12.1 Å². The molecule has 0 N–H and O–H groups in total. The number of aryl methyl sites for hydroxylation is 1. The number of hydrogen-bond acceptors (Lipinski definition) is 1. The predicted molar refractivity (Wildman–Crippen MR) is 86.9 cm³/mol. The molecule has 1 saturated carbocycles. The summed E-state index contributed by atoms with van der Waals surface area (Å²) >= 11 is 0. The van der Waals surface area contributed by atoms with E-state index in [0.717, 1.165) is 12.0 Å². The average Bonchev–Trinajstić information content (AvgIpc) is 3.27. The Morgan fingerprint density at radius 1 is 1.10 bits per heavy atom. The number of benzene rings is 2. The van der Waals surface area contributed by atoms with Crippen molar-refractivity contribution < 1.29 is 4.79 Å². The van der Waals surface area contributed by atoms with Crippen molar-refractivity contribution in [1.82, 2.24) is 0 Å². The van der Waals surface area contributed by atoms with Gasteiger partial charge in [0.05, 0.1) is 0 Å². The summed E-state index contributed by atoms with van der Waals surface area (Å²) in [6.07, 6.45) is 0.994. The van der Waals surface area contributed by atoms with Crippen molar-refractivity contribution in [3.8, 4) is 0 Å². The maximum absolute atomic E-state index is 12.6. The highest BCUT2D eigenvalue weighted by atomic mass is 16.1. The fraction of sp³-hybridized carbons (Fsp3) is 0.350. The van der Waals surface area contributed by atoms with Gasteiger partial charge in [0.25, 0.3) is 0 Å². The van der Waals surface area contributed by atoms with Crippen LogP contribution in [0.1, 0.15) is 59.2 Å². The summed E-state index contributed by atoms with van der Waals surface area (Å²) in [6, 6.07) is 16.7. The maximum atomic E-state index is 12.6. The lowest BCUT2D eigenvalue weighted by Gasteiger charge is -2.06. The molecule has 2 aromatic carbocycles. The smallest absolute Gasteiger partial charge is 0.166 e. The summed E-state index contributed by atoms with van der Waals surface area (Å²) < 4.78 is 0. The second-order valence-corrected chi connectivity index (χ2v) is 6.50. The maximum Gasteiger partial charge on any atom is 0.166 e. The van der Waals surface area contributed by atoms with Crippen LogP contribution in [0.2, 0.25) is 0 Å². The quantitative estimate of drug-likeness (QED) is 0.711. The zero-order valence-corrected chi connectivity index (χ0v) is 13.0. The molecule has 0 heterocycles. The van der Waals surface area contributed by atoms with E-state index in [2.05, 4.69) is 57.2 Å². The number of ketones is 1. The molecule has 0 aromatic heterocycles. The lowest BCUT2D eigenvalue weighted by molar-refractivity contribution is 0.0965. The van der Waals surface area contributed by atoms with Gasteiger partial charge in [-0.05, 0) is 36.3 Å². The standard InChI is InChI=1S/C20H22O/c1-13(2)15-7-9-16(10-8-15)20(21)19-12-18(19)17-6-4-5-14(3)11-17/h4-11,13,18-19H,12H2,1-3H3. The molecule has 1 nitrogen and oxygen atoms in total. The van der Waals surface area contributed by atoms with Gasteiger partial charge in [-0.15, -0.1) is 0 Å². The van der Waals surface area contributed by atoms with Crippen molar-refractivity contribution in [2.75, 3.05) is 0 Å². The van der Waals surface area contributed by atoms with Crippen LogP contribution >= 0.6 is 0 Å². The zero-order valence-electron chi connectivity index (χ0n) is 13.0. The number of carbonyl (C=O) groups excluding carboxylic acids is 1. The third-order valence-electron chi connectivity index (χ3n) is 4.46. The van der Waals surface area contributed by atoms with E-state index in [9.17, 15) is 4.79 Å². The van der Waals surface area contributed by atoms with Gasteiger partial charge in [-0.1, -0.05) is 67.9 Å². The second kappa shape index (κ2) is 5.48. The molecule has 1 fully saturated rings. The van der Waals surface area contributed by atoms with E-state index in [-0.39, 0.29) is 5.92 Å². The summed E-state index contributed by atoms with van der Waals surface area (Å²) in [4.78, 5) is 12.6. The molecule has 1 heteroatoms. The van der Waals surface area contributed by atoms with E-state index in [1.54, 1.807) is 0 Å². The fourth-order valence-electron chi connectivity index (χ4n) is 3.00. The molecule has 1 aliphatic carbocycles. The first kappa shape index (κ1) is 14.1. The largest absolute Gasteiger partial charge is 0.294 e. The van der Waals surface area contributed by atoms with Crippen LogP contribution in [-0.2, 0) is 0 Å². The minimum Gasteiger partial charge on any atom is -0.294 e. The number of hydrogen-bond donors (Lipinski definition) is 0. The van der Waals surface area contributed by atoms with Crippen LogP contribution in [0.25, 0.3) is 0 Å². The van der Waals surface area contributed by atoms with Gasteiger partial charge in [0.1, 0.15) is 0 Å². The van der Waals surface area contributed by atoms with Crippen molar-refractivity contribution in [1.29, 1.82) is 0 Å². The predicted octanol–water partition coefficient (Wildman–Crippen LogP) is 5.10. The van der Waals surface area contributed by atoms with E-state index >= 15 is 0 Å². The highest BCUT2D eigenvalue weighted by Gasteiger charge is 2.43. The molecule has 0 radical (unpaired) electrons. The van der Waals surface area contributed by atoms with Crippen LogP contribution in [0.3, 0.4) is 0 Å². The van der Waals surface area contributed by atoms with Gasteiger partial charge >= 0.3 is 0 Å². The highest BCUT2D eigenvalue weighted by molar-refractivity contribution is 6.00. The first-order chi connectivity index (χ1) is 10.1. The summed E-state index contributed by atoms with van der Waals surface area (Å²) in [5, 5.41) is 0. The van der Waals surface area contributed by atoms with Crippen molar-refractivity contribution in [2.45, 2.75) is 39.0 Å².